The van der Waals surface area contributed by atoms with E-state index in [-0.39, 0.29) is 0 Å². The summed E-state index contributed by atoms with van der Waals surface area (Å²) in [6.07, 6.45) is 2.98. The molecule has 1 aliphatic heterocycles. The molecular formula is C6H11IO. The molecule has 8 heavy (non-hydrogen) atoms. The third kappa shape index (κ3) is 1.90. The second kappa shape index (κ2) is 3.01. The van der Waals surface area contributed by atoms with Crippen molar-refractivity contribution in [2.75, 3.05) is 6.61 Å². The lowest BCUT2D eigenvalue weighted by Crippen LogP contribution is -2.22. The monoisotopic (exact) mass is 226 g/mol. The van der Waals surface area contributed by atoms with Crippen LogP contribution < -0.4 is 0 Å². The van der Waals surface area contributed by atoms with Crippen molar-refractivity contribution >= 4 is 22.6 Å². The molecule has 0 N–H and O–H groups in total. The Kier molecular flexibility index (Phi) is 2.56. The zero-order valence-electron chi connectivity index (χ0n) is 5.06. The van der Waals surface area contributed by atoms with Crippen LogP contribution in [0.25, 0.3) is 0 Å². The van der Waals surface area contributed by atoms with Gasteiger partial charge in [0.1, 0.15) is 0 Å². The van der Waals surface area contributed by atoms with E-state index >= 15 is 0 Å². The van der Waals surface area contributed by atoms with Crippen molar-refractivity contribution in [3.05, 3.63) is 0 Å². The van der Waals surface area contributed by atoms with Gasteiger partial charge in [0.25, 0.3) is 0 Å². The van der Waals surface area contributed by atoms with E-state index in [1.807, 2.05) is 0 Å². The highest BCUT2D eigenvalue weighted by atomic mass is 127. The Bertz CT molecular complexity index is 66.9. The Balaban J connectivity index is 2.23. The van der Waals surface area contributed by atoms with Gasteiger partial charge in [0.05, 0.1) is 6.10 Å². The lowest BCUT2D eigenvalue weighted by Gasteiger charge is -2.22. The summed E-state index contributed by atoms with van der Waals surface area (Å²) in [7, 11) is 0. The van der Waals surface area contributed by atoms with Crippen LogP contribution in [0.2, 0.25) is 0 Å². The maximum Gasteiger partial charge on any atom is 0.0557 e. The quantitative estimate of drug-likeness (QED) is 0.453. The Hall–Kier alpha value is 0.690. The zero-order chi connectivity index (χ0) is 5.98. The van der Waals surface area contributed by atoms with Crippen LogP contribution in [0.1, 0.15) is 19.8 Å². The van der Waals surface area contributed by atoms with Crippen LogP contribution in [0.4, 0.5) is 0 Å². The summed E-state index contributed by atoms with van der Waals surface area (Å²) >= 11 is 2.49. The van der Waals surface area contributed by atoms with E-state index in [0.29, 0.717) is 6.10 Å². The second-order valence-electron chi connectivity index (χ2n) is 2.30. The first kappa shape index (κ1) is 6.81. The maximum atomic E-state index is 5.34. The van der Waals surface area contributed by atoms with E-state index in [9.17, 15) is 0 Å². The Morgan fingerprint density at radius 3 is 2.75 bits per heavy atom. The fourth-order valence-electron chi connectivity index (χ4n) is 0.943. The summed E-state index contributed by atoms with van der Waals surface area (Å²) < 4.78 is 6.20. The van der Waals surface area contributed by atoms with Gasteiger partial charge in [-0.05, 0) is 19.8 Å². The average molecular weight is 226 g/mol. The first-order chi connectivity index (χ1) is 3.79. The first-order valence-electron chi connectivity index (χ1n) is 3.04. The number of alkyl halides is 1. The number of rotatable bonds is 0. The topological polar surface area (TPSA) is 9.23 Å². The predicted molar refractivity (Wildman–Crippen MR) is 42.5 cm³/mol. The third-order valence-corrected chi connectivity index (χ3v) is 2.55. The third-order valence-electron chi connectivity index (χ3n) is 1.42. The molecule has 0 aromatic heterocycles. The highest BCUT2D eigenvalue weighted by Crippen LogP contribution is 2.19. The summed E-state index contributed by atoms with van der Waals surface area (Å²) in [6, 6.07) is 0. The van der Waals surface area contributed by atoms with Gasteiger partial charge in [-0.15, -0.1) is 0 Å². The van der Waals surface area contributed by atoms with Crippen molar-refractivity contribution in [3.8, 4) is 0 Å². The Morgan fingerprint density at radius 2 is 2.38 bits per heavy atom. The molecule has 1 fully saturated rings. The molecule has 48 valence electrons. The fourth-order valence-corrected chi connectivity index (χ4v) is 1.91. The molecule has 0 amide bonds. The lowest BCUT2D eigenvalue weighted by molar-refractivity contribution is 0.0335. The van der Waals surface area contributed by atoms with E-state index in [1.54, 1.807) is 0 Å². The lowest BCUT2D eigenvalue weighted by atomic mass is 10.1. The molecule has 0 radical (unpaired) electrons. The maximum absolute atomic E-state index is 5.34. The number of ether oxygens (including phenoxy) is 1. The van der Waals surface area contributed by atoms with Crippen molar-refractivity contribution in [2.45, 2.75) is 29.8 Å². The van der Waals surface area contributed by atoms with Crippen LogP contribution in [0.3, 0.4) is 0 Å². The van der Waals surface area contributed by atoms with Gasteiger partial charge in [-0.1, -0.05) is 22.6 Å². The molecule has 1 heterocycles. The highest BCUT2D eigenvalue weighted by molar-refractivity contribution is 14.1. The van der Waals surface area contributed by atoms with E-state index in [2.05, 4.69) is 29.5 Å². The number of hydrogen-bond acceptors (Lipinski definition) is 1. The van der Waals surface area contributed by atoms with Crippen molar-refractivity contribution < 1.29 is 4.74 Å². The van der Waals surface area contributed by atoms with Gasteiger partial charge in [-0.25, -0.2) is 0 Å². The van der Waals surface area contributed by atoms with Gasteiger partial charge in [0, 0.05) is 10.5 Å². The molecule has 1 rings (SSSR count). The van der Waals surface area contributed by atoms with Gasteiger partial charge in [0.15, 0.2) is 0 Å². The molecule has 1 nitrogen and oxygen atoms in total. The van der Waals surface area contributed by atoms with E-state index in [0.717, 1.165) is 10.5 Å². The minimum atomic E-state index is 0.505. The van der Waals surface area contributed by atoms with Crippen molar-refractivity contribution in [2.24, 2.45) is 0 Å². The molecule has 0 bridgehead atoms. The highest BCUT2D eigenvalue weighted by Gasteiger charge is 2.15. The molecule has 2 heteroatoms. The molecular weight excluding hydrogens is 215 g/mol. The van der Waals surface area contributed by atoms with Gasteiger partial charge in [-0.3, -0.25) is 0 Å². The molecule has 0 aromatic carbocycles. The molecule has 1 saturated heterocycles. The zero-order valence-corrected chi connectivity index (χ0v) is 7.22. The molecule has 1 unspecified atom stereocenters. The van der Waals surface area contributed by atoms with Crippen LogP contribution in [-0.2, 0) is 4.74 Å². The van der Waals surface area contributed by atoms with E-state index in [4.69, 9.17) is 4.74 Å². The van der Waals surface area contributed by atoms with Gasteiger partial charge < -0.3 is 4.74 Å². The van der Waals surface area contributed by atoms with Crippen LogP contribution >= 0.6 is 22.6 Å². The minimum absolute atomic E-state index is 0.505. The summed E-state index contributed by atoms with van der Waals surface area (Å²) in [5.74, 6) is 0. The minimum Gasteiger partial charge on any atom is -0.378 e. The summed E-state index contributed by atoms with van der Waals surface area (Å²) in [6.45, 7) is 3.11. The molecule has 0 spiro atoms. The van der Waals surface area contributed by atoms with Gasteiger partial charge >= 0.3 is 0 Å². The van der Waals surface area contributed by atoms with Crippen molar-refractivity contribution in [3.63, 3.8) is 0 Å². The molecule has 2 atom stereocenters. The normalized spacial score (nSPS) is 39.8. The summed E-state index contributed by atoms with van der Waals surface area (Å²) in [5.41, 5.74) is 0. The van der Waals surface area contributed by atoms with Crippen LogP contribution in [0, 0.1) is 0 Å². The van der Waals surface area contributed by atoms with E-state index in [1.165, 1.54) is 12.8 Å². The predicted octanol–water partition coefficient (Wildman–Crippen LogP) is 1.99. The standard InChI is InChI=1S/C6H11IO/c1-5-4-6(7)2-3-8-5/h5-6H,2-4H2,1H3/t5-,6?/m0/s1. The molecule has 0 aromatic rings. The second-order valence-corrected chi connectivity index (χ2v) is 4.06. The number of hydrogen-bond donors (Lipinski definition) is 0. The van der Waals surface area contributed by atoms with Crippen LogP contribution in [0.15, 0.2) is 0 Å². The largest absolute Gasteiger partial charge is 0.378 e. The van der Waals surface area contributed by atoms with Crippen LogP contribution in [0.5, 0.6) is 0 Å². The molecule has 1 aliphatic rings. The average Bonchev–Trinajstić information content (AvgIpc) is 1.64. The fraction of sp³-hybridized carbons (Fsp3) is 1.00. The molecule has 0 aliphatic carbocycles. The summed E-state index contributed by atoms with van der Waals surface area (Å²) in [4.78, 5) is 0. The van der Waals surface area contributed by atoms with E-state index < -0.39 is 0 Å². The number of halogens is 1. The smallest absolute Gasteiger partial charge is 0.0557 e. The first-order valence-corrected chi connectivity index (χ1v) is 4.29. The summed E-state index contributed by atoms with van der Waals surface area (Å²) in [5, 5.41) is 0. The van der Waals surface area contributed by atoms with Crippen molar-refractivity contribution in [1.82, 2.24) is 0 Å². The Labute approximate surface area is 63.9 Å². The Morgan fingerprint density at radius 1 is 1.62 bits per heavy atom. The SMILES string of the molecule is C[C@H]1CC(I)CCO1. The van der Waals surface area contributed by atoms with Crippen LogP contribution in [-0.4, -0.2) is 16.6 Å². The molecule has 0 saturated carbocycles. The van der Waals surface area contributed by atoms with Gasteiger partial charge in [-0.2, -0.15) is 0 Å². The van der Waals surface area contributed by atoms with Crippen molar-refractivity contribution in [1.29, 1.82) is 0 Å². The van der Waals surface area contributed by atoms with Gasteiger partial charge in [0.2, 0.25) is 0 Å².